The minimum absolute atomic E-state index is 0.0605. The van der Waals surface area contributed by atoms with E-state index in [-0.39, 0.29) is 31.6 Å². The Morgan fingerprint density at radius 2 is 1.72 bits per heavy atom. The number of hydrogen-bond acceptors (Lipinski definition) is 7. The number of fused-ring (bicyclic) bond motifs is 1. The van der Waals surface area contributed by atoms with Crippen molar-refractivity contribution < 1.29 is 23.8 Å². The molecule has 0 aliphatic carbocycles. The van der Waals surface area contributed by atoms with E-state index in [1.165, 1.54) is 6.08 Å². The summed E-state index contributed by atoms with van der Waals surface area (Å²) in [4.78, 5) is 26.2. The van der Waals surface area contributed by atoms with Gasteiger partial charge in [0.2, 0.25) is 5.91 Å². The molecule has 0 fully saturated rings. The Bertz CT molecular complexity index is 1510. The molecule has 0 aromatic heterocycles. The maximum absolute atomic E-state index is 13.5. The SMILES string of the molecule is C=CCOC(=O)C[C@H](Nc1c(OC[C@H](N)Cc2ccccc2)ccc2ccccc12)C(=O)NCCc1cccc(OC)c1. The monoisotopic (exact) mass is 581 g/mol. The Balaban J connectivity index is 1.53. The van der Waals surface area contributed by atoms with E-state index in [0.29, 0.717) is 30.8 Å². The number of nitrogens with two attached hydrogens (primary N) is 1. The number of methoxy groups -OCH3 is 1. The van der Waals surface area contributed by atoms with E-state index in [2.05, 4.69) is 17.2 Å². The van der Waals surface area contributed by atoms with Gasteiger partial charge in [-0.2, -0.15) is 0 Å². The van der Waals surface area contributed by atoms with Crippen molar-refractivity contribution in [1.82, 2.24) is 5.32 Å². The highest BCUT2D eigenvalue weighted by Gasteiger charge is 2.25. The van der Waals surface area contributed by atoms with Crippen LogP contribution in [0.15, 0.2) is 104 Å². The van der Waals surface area contributed by atoms with Crippen molar-refractivity contribution in [2.45, 2.75) is 31.3 Å². The third-order valence-electron chi connectivity index (χ3n) is 6.90. The summed E-state index contributed by atoms with van der Waals surface area (Å²) >= 11 is 0. The fourth-order valence-electron chi connectivity index (χ4n) is 4.74. The van der Waals surface area contributed by atoms with Crippen molar-refractivity contribution in [2.75, 3.05) is 32.2 Å². The zero-order chi connectivity index (χ0) is 30.4. The Kier molecular flexibility index (Phi) is 11.6. The van der Waals surface area contributed by atoms with E-state index in [9.17, 15) is 9.59 Å². The number of nitrogens with one attached hydrogen (secondary N) is 2. The average Bonchev–Trinajstić information content (AvgIpc) is 3.03. The lowest BCUT2D eigenvalue weighted by Crippen LogP contribution is -2.42. The number of esters is 1. The topological polar surface area (TPSA) is 112 Å². The minimum atomic E-state index is -0.922. The molecule has 0 saturated heterocycles. The molecule has 4 aromatic rings. The molecule has 4 N–H and O–H groups in total. The number of ether oxygens (including phenoxy) is 3. The number of benzene rings is 4. The number of rotatable bonds is 16. The molecule has 224 valence electrons. The van der Waals surface area contributed by atoms with E-state index in [1.807, 2.05) is 91.0 Å². The van der Waals surface area contributed by atoms with E-state index in [0.717, 1.165) is 27.6 Å². The molecule has 0 spiro atoms. The molecular weight excluding hydrogens is 542 g/mol. The van der Waals surface area contributed by atoms with Crippen molar-refractivity contribution in [2.24, 2.45) is 5.73 Å². The van der Waals surface area contributed by atoms with Crippen molar-refractivity contribution in [3.63, 3.8) is 0 Å². The molecule has 0 saturated carbocycles. The van der Waals surface area contributed by atoms with E-state index in [1.54, 1.807) is 7.11 Å². The van der Waals surface area contributed by atoms with E-state index < -0.39 is 12.0 Å². The Morgan fingerprint density at radius 3 is 2.51 bits per heavy atom. The largest absolute Gasteiger partial charge is 0.497 e. The number of hydrogen-bond donors (Lipinski definition) is 3. The number of carbonyl (C=O) groups is 2. The third kappa shape index (κ3) is 9.34. The molecule has 4 aromatic carbocycles. The molecule has 4 rings (SSSR count). The first kappa shape index (κ1) is 31.1. The molecule has 2 atom stereocenters. The van der Waals surface area contributed by atoms with Gasteiger partial charge in [-0.3, -0.25) is 9.59 Å². The first-order valence-corrected chi connectivity index (χ1v) is 14.3. The lowest BCUT2D eigenvalue weighted by molar-refractivity contribution is -0.144. The molecule has 0 radical (unpaired) electrons. The lowest BCUT2D eigenvalue weighted by Gasteiger charge is -2.23. The molecule has 1 amide bonds. The van der Waals surface area contributed by atoms with Gasteiger partial charge in [-0.15, -0.1) is 0 Å². The number of anilines is 1. The van der Waals surface area contributed by atoms with Gasteiger partial charge in [0.15, 0.2) is 0 Å². The van der Waals surface area contributed by atoms with Gasteiger partial charge < -0.3 is 30.6 Å². The predicted octanol–water partition coefficient (Wildman–Crippen LogP) is 5.06. The van der Waals surface area contributed by atoms with Gasteiger partial charge in [0.05, 0.1) is 19.2 Å². The number of carbonyl (C=O) groups excluding carboxylic acids is 2. The van der Waals surface area contributed by atoms with Gasteiger partial charge in [0, 0.05) is 18.0 Å². The van der Waals surface area contributed by atoms with Gasteiger partial charge >= 0.3 is 5.97 Å². The zero-order valence-corrected chi connectivity index (χ0v) is 24.5. The van der Waals surface area contributed by atoms with Crippen LogP contribution < -0.4 is 25.8 Å². The van der Waals surface area contributed by atoms with E-state index in [4.69, 9.17) is 19.9 Å². The van der Waals surface area contributed by atoms with Gasteiger partial charge in [0.25, 0.3) is 0 Å². The fourth-order valence-corrected chi connectivity index (χ4v) is 4.74. The van der Waals surface area contributed by atoms with Crippen molar-refractivity contribution in [3.05, 3.63) is 115 Å². The average molecular weight is 582 g/mol. The van der Waals surface area contributed by atoms with Crippen LogP contribution in [0.1, 0.15) is 17.5 Å². The molecular formula is C35H39N3O5. The van der Waals surface area contributed by atoms with Crippen LogP contribution in [0.3, 0.4) is 0 Å². The molecule has 0 heterocycles. The van der Waals surface area contributed by atoms with Crippen LogP contribution in [0.25, 0.3) is 10.8 Å². The maximum atomic E-state index is 13.5. The highest BCUT2D eigenvalue weighted by atomic mass is 16.5. The Morgan fingerprint density at radius 1 is 0.953 bits per heavy atom. The summed E-state index contributed by atoms with van der Waals surface area (Å²) in [6, 6.07) is 28.1. The molecule has 0 bridgehead atoms. The minimum Gasteiger partial charge on any atom is -0.497 e. The quantitative estimate of drug-likeness (QED) is 0.125. The Labute approximate surface area is 252 Å². The molecule has 8 heteroatoms. The zero-order valence-electron chi connectivity index (χ0n) is 24.5. The predicted molar refractivity (Wildman–Crippen MR) is 170 cm³/mol. The highest BCUT2D eigenvalue weighted by Crippen LogP contribution is 2.34. The van der Waals surface area contributed by atoms with Crippen molar-refractivity contribution in [1.29, 1.82) is 0 Å². The van der Waals surface area contributed by atoms with E-state index >= 15 is 0 Å². The summed E-state index contributed by atoms with van der Waals surface area (Å²) < 4.78 is 16.8. The lowest BCUT2D eigenvalue weighted by atomic mass is 10.1. The fraction of sp³-hybridized carbons (Fsp3) is 0.257. The summed E-state index contributed by atoms with van der Waals surface area (Å²) in [7, 11) is 1.62. The smallest absolute Gasteiger partial charge is 0.308 e. The van der Waals surface area contributed by atoms with Crippen LogP contribution in [-0.2, 0) is 27.2 Å². The summed E-state index contributed by atoms with van der Waals surface area (Å²) in [6.45, 7) is 4.29. The standard InChI is InChI=1S/C35H39N3O5/c1-3-20-42-33(39)23-31(35(40)37-19-18-26-12-9-14-29(22-26)41-2)38-34-30-15-8-7-13-27(30)16-17-32(34)43-24-28(36)21-25-10-5-4-6-11-25/h3-17,22,28,31,38H,1,18-21,23-24,36H2,2H3,(H,37,40)/t28-,31+/m1/s1. The molecule has 43 heavy (non-hydrogen) atoms. The van der Waals surface area contributed by atoms with Crippen molar-refractivity contribution in [3.8, 4) is 11.5 Å². The molecule has 8 nitrogen and oxygen atoms in total. The first-order valence-electron chi connectivity index (χ1n) is 14.3. The van der Waals surface area contributed by atoms with Crippen LogP contribution in [-0.4, -0.2) is 50.8 Å². The summed E-state index contributed by atoms with van der Waals surface area (Å²) in [5, 5.41) is 8.09. The summed E-state index contributed by atoms with van der Waals surface area (Å²) in [5.74, 6) is 0.433. The van der Waals surface area contributed by atoms with Crippen LogP contribution in [0.5, 0.6) is 11.5 Å². The van der Waals surface area contributed by atoms with Crippen LogP contribution in [0.2, 0.25) is 0 Å². The summed E-state index contributed by atoms with van der Waals surface area (Å²) in [5.41, 5.74) is 9.16. The Hall–Kier alpha value is -4.82. The normalized spacial score (nSPS) is 12.1. The van der Waals surface area contributed by atoms with Crippen LogP contribution in [0, 0.1) is 0 Å². The summed E-state index contributed by atoms with van der Waals surface area (Å²) in [6.07, 6.45) is 2.56. The third-order valence-corrected chi connectivity index (χ3v) is 6.90. The second kappa shape index (κ2) is 16.0. The second-order valence-corrected chi connectivity index (χ2v) is 10.2. The van der Waals surface area contributed by atoms with Crippen molar-refractivity contribution >= 4 is 28.3 Å². The molecule has 0 aliphatic rings. The van der Waals surface area contributed by atoms with Crippen LogP contribution >= 0.6 is 0 Å². The van der Waals surface area contributed by atoms with Gasteiger partial charge in [0.1, 0.15) is 30.8 Å². The van der Waals surface area contributed by atoms with Gasteiger partial charge in [-0.25, -0.2) is 0 Å². The highest BCUT2D eigenvalue weighted by molar-refractivity contribution is 5.99. The number of amides is 1. The second-order valence-electron chi connectivity index (χ2n) is 10.2. The molecule has 0 aliphatic heterocycles. The van der Waals surface area contributed by atoms with Gasteiger partial charge in [-0.05, 0) is 47.6 Å². The van der Waals surface area contributed by atoms with Crippen LogP contribution in [0.4, 0.5) is 5.69 Å². The maximum Gasteiger partial charge on any atom is 0.308 e. The first-order chi connectivity index (χ1) is 21.0. The molecule has 0 unspecified atom stereocenters. The van der Waals surface area contributed by atoms with Gasteiger partial charge in [-0.1, -0.05) is 85.5 Å².